The molecule has 0 radical (unpaired) electrons. The monoisotopic (exact) mass is 488 g/mol. The lowest BCUT2D eigenvalue weighted by Gasteiger charge is -2.30. The van der Waals surface area contributed by atoms with E-state index in [-0.39, 0.29) is 5.56 Å². The van der Waals surface area contributed by atoms with E-state index in [2.05, 4.69) is 27.2 Å². The van der Waals surface area contributed by atoms with Crippen molar-refractivity contribution >= 4 is 28.6 Å². The van der Waals surface area contributed by atoms with Crippen molar-refractivity contribution in [3.05, 3.63) is 69.7 Å². The Morgan fingerprint density at radius 3 is 2.77 bits per heavy atom. The average molecular weight is 489 g/mol. The first kappa shape index (κ1) is 23.5. The zero-order valence-corrected chi connectivity index (χ0v) is 21.0. The van der Waals surface area contributed by atoms with Gasteiger partial charge in [-0.05, 0) is 64.0 Å². The minimum atomic E-state index is -0.120. The van der Waals surface area contributed by atoms with Crippen LogP contribution in [0.4, 0.5) is 5.95 Å². The Kier molecular flexibility index (Phi) is 6.54. The lowest BCUT2D eigenvalue weighted by atomic mass is 10.0. The summed E-state index contributed by atoms with van der Waals surface area (Å²) in [6.45, 7) is 6.52. The fourth-order valence-corrected chi connectivity index (χ4v) is 5.13. The van der Waals surface area contributed by atoms with Crippen molar-refractivity contribution in [3.63, 3.8) is 0 Å². The second-order valence-electron chi connectivity index (χ2n) is 9.19. The predicted octanol–water partition coefficient (Wildman–Crippen LogP) is 5.01. The highest BCUT2D eigenvalue weighted by Gasteiger charge is 2.19. The zero-order valence-electron chi connectivity index (χ0n) is 20.3. The van der Waals surface area contributed by atoms with Crippen molar-refractivity contribution < 1.29 is 0 Å². The zero-order chi connectivity index (χ0) is 24.5. The number of aryl methyl sites for hydroxylation is 2. The van der Waals surface area contributed by atoms with Crippen LogP contribution in [0, 0.1) is 6.92 Å². The summed E-state index contributed by atoms with van der Waals surface area (Å²) in [5, 5.41) is 4.76. The summed E-state index contributed by atoms with van der Waals surface area (Å²) < 4.78 is 1.69. The fraction of sp³-hybridized carbons (Fsp3) is 0.333. The van der Waals surface area contributed by atoms with Gasteiger partial charge in [0, 0.05) is 58.6 Å². The molecule has 1 unspecified atom stereocenters. The van der Waals surface area contributed by atoms with E-state index in [0.717, 1.165) is 48.1 Å². The van der Waals surface area contributed by atoms with Crippen molar-refractivity contribution in [3.8, 4) is 22.4 Å². The van der Waals surface area contributed by atoms with Crippen molar-refractivity contribution in [1.29, 1.82) is 0 Å². The number of piperidine rings is 1. The van der Waals surface area contributed by atoms with Crippen molar-refractivity contribution in [1.82, 2.24) is 24.4 Å². The number of anilines is 1. The average Bonchev–Trinajstić information content (AvgIpc) is 2.84. The first-order chi connectivity index (χ1) is 16.9. The number of hydrogen-bond donors (Lipinski definition) is 1. The molecule has 1 fully saturated rings. The Morgan fingerprint density at radius 2 is 2.03 bits per heavy atom. The maximum atomic E-state index is 13.5. The smallest absolute Gasteiger partial charge is 0.260 e. The van der Waals surface area contributed by atoms with E-state index >= 15 is 0 Å². The van der Waals surface area contributed by atoms with Gasteiger partial charge in [-0.25, -0.2) is 4.98 Å². The summed E-state index contributed by atoms with van der Waals surface area (Å²) in [7, 11) is 2.13. The summed E-state index contributed by atoms with van der Waals surface area (Å²) in [6, 6.07) is 11.8. The Labute approximate surface area is 209 Å². The van der Waals surface area contributed by atoms with E-state index in [1.54, 1.807) is 17.0 Å². The molecule has 0 bridgehead atoms. The molecule has 35 heavy (non-hydrogen) atoms. The Bertz CT molecular complexity index is 1450. The molecule has 8 heteroatoms. The number of likely N-dealkylation sites (tertiary alicyclic amines) is 1. The molecule has 1 aliphatic rings. The second-order valence-corrected chi connectivity index (χ2v) is 9.60. The first-order valence-electron chi connectivity index (χ1n) is 12.0. The van der Waals surface area contributed by atoms with Gasteiger partial charge in [0.25, 0.3) is 5.56 Å². The summed E-state index contributed by atoms with van der Waals surface area (Å²) in [6.07, 6.45) is 5.77. The molecule has 4 aromatic rings. The molecule has 0 saturated carbocycles. The number of hydrogen-bond acceptors (Lipinski definition) is 6. The van der Waals surface area contributed by atoms with Gasteiger partial charge in [0.05, 0.1) is 5.69 Å². The molecular weight excluding hydrogens is 460 g/mol. The van der Waals surface area contributed by atoms with E-state index < -0.39 is 0 Å². The normalized spacial score (nSPS) is 16.5. The second kappa shape index (κ2) is 9.76. The Balaban J connectivity index is 1.53. The van der Waals surface area contributed by atoms with Gasteiger partial charge >= 0.3 is 0 Å². The molecule has 1 aliphatic heterocycles. The van der Waals surface area contributed by atoms with Gasteiger partial charge in [0.1, 0.15) is 5.65 Å². The maximum Gasteiger partial charge on any atom is 0.260 e. The standard InChI is InChI=1S/C27H29ClN6O/c1-4-34-25-19(15-30-27(32-25)31-20-8-6-12-33(3)16-20)13-22(26(34)35)21-10-9-18(14-23(21)28)24-17(2)7-5-11-29-24/h5,7,9-11,13-15,20H,4,6,8,12,16H2,1-3H3,(H,30,31,32). The van der Waals surface area contributed by atoms with Crippen molar-refractivity contribution in [2.45, 2.75) is 39.3 Å². The molecule has 1 N–H and O–H groups in total. The van der Waals surface area contributed by atoms with E-state index in [1.165, 1.54) is 0 Å². The highest BCUT2D eigenvalue weighted by atomic mass is 35.5. The van der Waals surface area contributed by atoms with E-state index in [9.17, 15) is 4.79 Å². The van der Waals surface area contributed by atoms with Crippen LogP contribution < -0.4 is 10.9 Å². The quantitative estimate of drug-likeness (QED) is 0.425. The Morgan fingerprint density at radius 1 is 1.17 bits per heavy atom. The molecule has 4 heterocycles. The third kappa shape index (κ3) is 4.66. The van der Waals surface area contributed by atoms with Crippen LogP contribution in [0.3, 0.4) is 0 Å². The lowest BCUT2D eigenvalue weighted by molar-refractivity contribution is 0.260. The number of fused-ring (bicyclic) bond motifs is 1. The molecular formula is C27H29ClN6O. The molecule has 5 rings (SSSR count). The van der Waals surface area contributed by atoms with Crippen LogP contribution in [-0.2, 0) is 6.54 Å². The SMILES string of the molecule is CCn1c(=O)c(-c2ccc(-c3ncccc3C)cc2Cl)cc2cnc(NC3CCCN(C)C3)nc21. The lowest BCUT2D eigenvalue weighted by Crippen LogP contribution is -2.40. The van der Waals surface area contributed by atoms with E-state index in [0.29, 0.717) is 40.3 Å². The predicted molar refractivity (Wildman–Crippen MR) is 142 cm³/mol. The third-order valence-electron chi connectivity index (χ3n) is 6.64. The fourth-order valence-electron chi connectivity index (χ4n) is 4.85. The Hall–Kier alpha value is -3.29. The number of benzene rings is 1. The summed E-state index contributed by atoms with van der Waals surface area (Å²) in [5.74, 6) is 0.556. The van der Waals surface area contributed by atoms with E-state index in [1.807, 2.05) is 50.2 Å². The summed E-state index contributed by atoms with van der Waals surface area (Å²) in [5.41, 5.74) is 4.59. The number of nitrogens with zero attached hydrogens (tertiary/aromatic N) is 5. The van der Waals surface area contributed by atoms with Gasteiger partial charge in [-0.3, -0.25) is 14.3 Å². The van der Waals surface area contributed by atoms with Crippen LogP contribution in [0.5, 0.6) is 0 Å². The number of likely N-dealkylation sites (N-methyl/N-ethyl adjacent to an activating group) is 1. The van der Waals surface area contributed by atoms with Gasteiger partial charge in [-0.1, -0.05) is 29.8 Å². The minimum Gasteiger partial charge on any atom is -0.350 e. The highest BCUT2D eigenvalue weighted by Crippen LogP contribution is 2.32. The number of halogens is 1. The van der Waals surface area contributed by atoms with Gasteiger partial charge in [-0.2, -0.15) is 4.98 Å². The number of aromatic nitrogens is 4. The van der Waals surface area contributed by atoms with Crippen LogP contribution in [0.1, 0.15) is 25.3 Å². The van der Waals surface area contributed by atoms with Gasteiger partial charge in [0.15, 0.2) is 0 Å². The number of pyridine rings is 2. The minimum absolute atomic E-state index is 0.120. The van der Waals surface area contributed by atoms with Gasteiger partial charge in [0.2, 0.25) is 5.95 Å². The van der Waals surface area contributed by atoms with Crippen molar-refractivity contribution in [2.24, 2.45) is 0 Å². The molecule has 3 aromatic heterocycles. The molecule has 1 saturated heterocycles. The summed E-state index contributed by atoms with van der Waals surface area (Å²) >= 11 is 6.71. The third-order valence-corrected chi connectivity index (χ3v) is 6.96. The van der Waals surface area contributed by atoms with Crippen LogP contribution in [-0.4, -0.2) is 50.6 Å². The van der Waals surface area contributed by atoms with Crippen LogP contribution >= 0.6 is 11.6 Å². The molecule has 7 nitrogen and oxygen atoms in total. The number of nitrogens with one attached hydrogen (secondary N) is 1. The number of rotatable bonds is 5. The van der Waals surface area contributed by atoms with Gasteiger partial charge in [-0.15, -0.1) is 0 Å². The first-order valence-corrected chi connectivity index (χ1v) is 12.4. The van der Waals surface area contributed by atoms with Crippen molar-refractivity contribution in [2.75, 3.05) is 25.5 Å². The molecule has 0 spiro atoms. The highest BCUT2D eigenvalue weighted by molar-refractivity contribution is 6.33. The molecule has 0 aliphatic carbocycles. The molecule has 1 aromatic carbocycles. The largest absolute Gasteiger partial charge is 0.350 e. The maximum absolute atomic E-state index is 13.5. The molecule has 1 atom stereocenters. The van der Waals surface area contributed by atoms with E-state index in [4.69, 9.17) is 16.6 Å². The van der Waals surface area contributed by atoms with Gasteiger partial charge < -0.3 is 10.2 Å². The topological polar surface area (TPSA) is 75.9 Å². The summed E-state index contributed by atoms with van der Waals surface area (Å²) in [4.78, 5) is 29.6. The molecule has 0 amide bonds. The van der Waals surface area contributed by atoms with Crippen LogP contribution in [0.2, 0.25) is 5.02 Å². The van der Waals surface area contributed by atoms with Crippen LogP contribution in [0.15, 0.2) is 53.6 Å². The van der Waals surface area contributed by atoms with Crippen LogP contribution in [0.25, 0.3) is 33.4 Å². The molecule has 180 valence electrons.